The molecule has 0 bridgehead atoms. The molecule has 19 heavy (non-hydrogen) atoms. The van der Waals surface area contributed by atoms with Gasteiger partial charge in [0.05, 0.1) is 0 Å². The summed E-state index contributed by atoms with van der Waals surface area (Å²) < 4.78 is 38.7. The van der Waals surface area contributed by atoms with Crippen molar-refractivity contribution in [2.45, 2.75) is 26.8 Å². The van der Waals surface area contributed by atoms with E-state index in [2.05, 4.69) is 24.1 Å². The van der Waals surface area contributed by atoms with Crippen LogP contribution in [0.3, 0.4) is 0 Å². The van der Waals surface area contributed by atoms with Gasteiger partial charge in [0.25, 0.3) is 0 Å². The molecule has 0 atom stereocenters. The molecule has 0 heterocycles. The molecular formula is C14H21F3N2. The Morgan fingerprint density at radius 1 is 1.05 bits per heavy atom. The van der Waals surface area contributed by atoms with Crippen LogP contribution >= 0.6 is 0 Å². The third kappa shape index (κ3) is 5.20. The first-order valence-corrected chi connectivity index (χ1v) is 6.65. The average Bonchev–Trinajstić information content (AvgIpc) is 2.40. The van der Waals surface area contributed by atoms with Crippen LogP contribution in [0, 0.1) is 17.5 Å². The van der Waals surface area contributed by atoms with Crippen LogP contribution in [0.4, 0.5) is 13.2 Å². The molecule has 0 saturated heterocycles. The van der Waals surface area contributed by atoms with Crippen LogP contribution in [0.2, 0.25) is 0 Å². The summed E-state index contributed by atoms with van der Waals surface area (Å²) in [5, 5.41) is 3.10. The molecule has 0 aliphatic rings. The molecule has 0 saturated carbocycles. The summed E-state index contributed by atoms with van der Waals surface area (Å²) in [6.45, 7) is 8.35. The maximum Gasteiger partial charge on any atom is 0.194 e. The molecule has 5 heteroatoms. The van der Waals surface area contributed by atoms with Gasteiger partial charge in [0, 0.05) is 6.54 Å². The molecule has 1 aromatic rings. The number of rotatable bonds is 8. The Hall–Kier alpha value is -1.07. The molecule has 108 valence electrons. The monoisotopic (exact) mass is 274 g/mol. The zero-order valence-electron chi connectivity index (χ0n) is 11.5. The second kappa shape index (κ2) is 8.17. The second-order valence-electron chi connectivity index (χ2n) is 4.43. The number of nitrogens with zero attached hydrogens (tertiary/aromatic N) is 1. The minimum atomic E-state index is -1.41. The Balaban J connectivity index is 2.30. The normalized spacial score (nSPS) is 11.3. The van der Waals surface area contributed by atoms with Crippen molar-refractivity contribution in [3.8, 4) is 0 Å². The van der Waals surface area contributed by atoms with Crippen molar-refractivity contribution in [3.05, 3.63) is 35.1 Å². The van der Waals surface area contributed by atoms with Crippen LogP contribution in [0.15, 0.2) is 12.1 Å². The molecule has 0 aliphatic heterocycles. The molecule has 1 rings (SSSR count). The Bertz CT molecular complexity index is 369. The van der Waals surface area contributed by atoms with E-state index in [0.717, 1.165) is 44.7 Å². The van der Waals surface area contributed by atoms with Gasteiger partial charge >= 0.3 is 0 Å². The summed E-state index contributed by atoms with van der Waals surface area (Å²) in [5.41, 5.74) is 0.416. The van der Waals surface area contributed by atoms with E-state index in [1.54, 1.807) is 0 Å². The van der Waals surface area contributed by atoms with E-state index in [1.807, 2.05) is 0 Å². The van der Waals surface area contributed by atoms with E-state index in [9.17, 15) is 13.2 Å². The summed E-state index contributed by atoms with van der Waals surface area (Å²) in [5.74, 6) is -3.69. The van der Waals surface area contributed by atoms with Crippen LogP contribution in [0.1, 0.15) is 25.8 Å². The van der Waals surface area contributed by atoms with Crippen molar-refractivity contribution in [3.63, 3.8) is 0 Å². The standard InChI is InChI=1S/C14H21F3N2/c1-3-19(4-2)7-5-6-18-10-11-8-12(15)14(17)13(16)9-11/h8-9,18H,3-7,10H2,1-2H3. The zero-order chi connectivity index (χ0) is 14.3. The van der Waals surface area contributed by atoms with Crippen LogP contribution in [0.25, 0.3) is 0 Å². The van der Waals surface area contributed by atoms with Gasteiger partial charge in [-0.05, 0) is 50.3 Å². The van der Waals surface area contributed by atoms with Crippen LogP contribution in [-0.2, 0) is 6.54 Å². The van der Waals surface area contributed by atoms with Gasteiger partial charge in [0.1, 0.15) is 0 Å². The van der Waals surface area contributed by atoms with E-state index in [4.69, 9.17) is 0 Å². The molecule has 0 aromatic heterocycles. The van der Waals surface area contributed by atoms with Gasteiger partial charge in [0.2, 0.25) is 0 Å². The molecule has 0 aliphatic carbocycles. The van der Waals surface area contributed by atoms with Crippen molar-refractivity contribution in [1.82, 2.24) is 10.2 Å². The largest absolute Gasteiger partial charge is 0.313 e. The highest BCUT2D eigenvalue weighted by Crippen LogP contribution is 2.13. The van der Waals surface area contributed by atoms with Gasteiger partial charge < -0.3 is 10.2 Å². The summed E-state index contributed by atoms with van der Waals surface area (Å²) in [7, 11) is 0. The molecule has 0 amide bonds. The molecule has 0 fully saturated rings. The maximum atomic E-state index is 13.0. The van der Waals surface area contributed by atoms with E-state index in [-0.39, 0.29) is 0 Å². The van der Waals surface area contributed by atoms with E-state index in [1.165, 1.54) is 0 Å². The van der Waals surface area contributed by atoms with Crippen molar-refractivity contribution in [2.75, 3.05) is 26.2 Å². The van der Waals surface area contributed by atoms with Gasteiger partial charge in [-0.25, -0.2) is 13.2 Å². The van der Waals surface area contributed by atoms with Gasteiger partial charge in [-0.2, -0.15) is 0 Å². The first kappa shape index (κ1) is 16.0. The lowest BCUT2D eigenvalue weighted by Crippen LogP contribution is -2.27. The first-order chi connectivity index (χ1) is 9.08. The minimum Gasteiger partial charge on any atom is -0.313 e. The minimum absolute atomic E-state index is 0.340. The molecule has 1 aromatic carbocycles. The molecule has 2 nitrogen and oxygen atoms in total. The third-order valence-electron chi connectivity index (χ3n) is 3.10. The predicted octanol–water partition coefficient (Wildman–Crippen LogP) is 2.93. The molecule has 1 N–H and O–H groups in total. The van der Waals surface area contributed by atoms with Gasteiger partial charge in [0.15, 0.2) is 17.5 Å². The predicted molar refractivity (Wildman–Crippen MR) is 70.4 cm³/mol. The lowest BCUT2D eigenvalue weighted by molar-refractivity contribution is 0.298. The molecular weight excluding hydrogens is 253 g/mol. The van der Waals surface area contributed by atoms with E-state index in [0.29, 0.717) is 12.1 Å². The summed E-state index contributed by atoms with van der Waals surface area (Å²) in [6, 6.07) is 2.05. The van der Waals surface area contributed by atoms with Crippen LogP contribution < -0.4 is 5.32 Å². The molecule has 0 radical (unpaired) electrons. The molecule has 0 spiro atoms. The fourth-order valence-electron chi connectivity index (χ4n) is 1.91. The number of hydrogen-bond acceptors (Lipinski definition) is 2. The summed E-state index contributed by atoms with van der Waals surface area (Å²) in [4.78, 5) is 2.30. The van der Waals surface area contributed by atoms with Crippen molar-refractivity contribution >= 4 is 0 Å². The Labute approximate surface area is 112 Å². The molecule has 0 unspecified atom stereocenters. The highest BCUT2D eigenvalue weighted by Gasteiger charge is 2.09. The SMILES string of the molecule is CCN(CC)CCCNCc1cc(F)c(F)c(F)c1. The maximum absolute atomic E-state index is 13.0. The Morgan fingerprint density at radius 3 is 2.16 bits per heavy atom. The van der Waals surface area contributed by atoms with Crippen LogP contribution in [-0.4, -0.2) is 31.1 Å². The van der Waals surface area contributed by atoms with Gasteiger partial charge in [-0.1, -0.05) is 13.8 Å². The van der Waals surface area contributed by atoms with Gasteiger partial charge in [-0.3, -0.25) is 0 Å². The van der Waals surface area contributed by atoms with E-state index < -0.39 is 17.5 Å². The third-order valence-corrected chi connectivity index (χ3v) is 3.10. The Kier molecular flexibility index (Phi) is 6.87. The second-order valence-corrected chi connectivity index (χ2v) is 4.43. The topological polar surface area (TPSA) is 15.3 Å². The lowest BCUT2D eigenvalue weighted by atomic mass is 10.2. The van der Waals surface area contributed by atoms with Crippen molar-refractivity contribution < 1.29 is 13.2 Å². The zero-order valence-corrected chi connectivity index (χ0v) is 11.5. The smallest absolute Gasteiger partial charge is 0.194 e. The number of nitrogens with one attached hydrogen (secondary N) is 1. The average molecular weight is 274 g/mol. The Morgan fingerprint density at radius 2 is 1.63 bits per heavy atom. The summed E-state index contributed by atoms with van der Waals surface area (Å²) in [6.07, 6.45) is 0.966. The number of halogens is 3. The quantitative estimate of drug-likeness (QED) is 0.579. The number of benzene rings is 1. The van der Waals surface area contributed by atoms with Crippen molar-refractivity contribution in [1.29, 1.82) is 0 Å². The van der Waals surface area contributed by atoms with Crippen LogP contribution in [0.5, 0.6) is 0 Å². The number of hydrogen-bond donors (Lipinski definition) is 1. The lowest BCUT2D eigenvalue weighted by Gasteiger charge is -2.17. The van der Waals surface area contributed by atoms with Gasteiger partial charge in [-0.15, -0.1) is 0 Å². The van der Waals surface area contributed by atoms with E-state index >= 15 is 0 Å². The first-order valence-electron chi connectivity index (χ1n) is 6.65. The van der Waals surface area contributed by atoms with Crippen molar-refractivity contribution in [2.24, 2.45) is 0 Å². The fourth-order valence-corrected chi connectivity index (χ4v) is 1.91. The highest BCUT2D eigenvalue weighted by molar-refractivity contribution is 5.19. The summed E-state index contributed by atoms with van der Waals surface area (Å²) >= 11 is 0. The highest BCUT2D eigenvalue weighted by atomic mass is 19.2. The fraction of sp³-hybridized carbons (Fsp3) is 0.571.